The Morgan fingerprint density at radius 2 is 1.43 bits per heavy atom. The van der Waals surface area contributed by atoms with Gasteiger partial charge in [-0.1, -0.05) is 0 Å². The van der Waals surface area contributed by atoms with Gasteiger partial charge in [0.15, 0.2) is 23.3 Å². The average Bonchev–Trinajstić information content (AvgIpc) is 2.56. The van der Waals surface area contributed by atoms with Crippen LogP contribution in [0.3, 0.4) is 0 Å². The highest BCUT2D eigenvalue weighted by Crippen LogP contribution is 2.20. The van der Waals surface area contributed by atoms with Crippen molar-refractivity contribution in [1.82, 2.24) is 5.32 Å². The summed E-state index contributed by atoms with van der Waals surface area (Å²) in [7, 11) is 0. The van der Waals surface area contributed by atoms with Crippen LogP contribution in [0.2, 0.25) is 0 Å². The number of hydrogen-bond acceptors (Lipinski definition) is 5. The summed E-state index contributed by atoms with van der Waals surface area (Å²) in [4.78, 5) is 36.6. The molecular formula is C20H25F4NO5. The van der Waals surface area contributed by atoms with Crippen molar-refractivity contribution in [2.75, 3.05) is 0 Å². The number of amides is 1. The summed E-state index contributed by atoms with van der Waals surface area (Å²) in [5.74, 6) is -10.9. The van der Waals surface area contributed by atoms with Crippen LogP contribution in [0.5, 0.6) is 0 Å². The lowest BCUT2D eigenvalue weighted by Gasteiger charge is -2.25. The maximum Gasteiger partial charge on any atom is 0.329 e. The third kappa shape index (κ3) is 7.64. The van der Waals surface area contributed by atoms with Crippen LogP contribution in [0.1, 0.15) is 64.7 Å². The fraction of sp³-hybridized carbons (Fsp3) is 0.550. The molecule has 0 aromatic heterocycles. The highest BCUT2D eigenvalue weighted by atomic mass is 19.2. The van der Waals surface area contributed by atoms with Crippen LogP contribution in [0.4, 0.5) is 17.6 Å². The molecular weight excluding hydrogens is 410 g/mol. The number of ether oxygens (including phenoxy) is 2. The molecule has 6 nitrogen and oxygen atoms in total. The Morgan fingerprint density at radius 3 is 1.93 bits per heavy atom. The van der Waals surface area contributed by atoms with Crippen molar-refractivity contribution >= 4 is 17.8 Å². The van der Waals surface area contributed by atoms with Crippen LogP contribution >= 0.6 is 0 Å². The van der Waals surface area contributed by atoms with E-state index in [9.17, 15) is 31.9 Å². The molecule has 168 valence electrons. The quantitative estimate of drug-likeness (QED) is 0.318. The van der Waals surface area contributed by atoms with Gasteiger partial charge in [-0.3, -0.25) is 9.59 Å². The summed E-state index contributed by atoms with van der Waals surface area (Å²) in [6.07, 6.45) is -0.598. The number of esters is 2. The first-order chi connectivity index (χ1) is 13.5. The van der Waals surface area contributed by atoms with Gasteiger partial charge in [0, 0.05) is 6.42 Å². The standard InChI is InChI=1S/C20H25F4NO5/c1-19(2,3)29-13(26)8-7-12(18(28)30-20(4,5)6)25-17(27)10-9-11(21)15(23)16(24)14(10)22/h9,12H,7-8H2,1-6H3,(H,25,27). The highest BCUT2D eigenvalue weighted by Gasteiger charge is 2.30. The Hall–Kier alpha value is -2.65. The van der Waals surface area contributed by atoms with E-state index in [2.05, 4.69) is 5.32 Å². The summed E-state index contributed by atoms with van der Waals surface area (Å²) in [5.41, 5.74) is -2.88. The molecule has 1 N–H and O–H groups in total. The van der Waals surface area contributed by atoms with Crippen LogP contribution in [0.25, 0.3) is 0 Å². The van der Waals surface area contributed by atoms with Crippen molar-refractivity contribution < 1.29 is 41.4 Å². The first-order valence-electron chi connectivity index (χ1n) is 9.10. The molecule has 0 radical (unpaired) electrons. The molecule has 1 aromatic rings. The molecule has 0 spiro atoms. The van der Waals surface area contributed by atoms with Gasteiger partial charge < -0.3 is 14.8 Å². The highest BCUT2D eigenvalue weighted by molar-refractivity contribution is 5.97. The molecule has 1 amide bonds. The molecule has 1 atom stereocenters. The van der Waals surface area contributed by atoms with Crippen LogP contribution in [0.15, 0.2) is 6.07 Å². The summed E-state index contributed by atoms with van der Waals surface area (Å²) < 4.78 is 64.1. The Balaban J connectivity index is 3.07. The van der Waals surface area contributed by atoms with E-state index in [4.69, 9.17) is 9.47 Å². The smallest absolute Gasteiger partial charge is 0.329 e. The third-order valence-electron chi connectivity index (χ3n) is 3.40. The maximum absolute atomic E-state index is 13.9. The van der Waals surface area contributed by atoms with Crippen molar-refractivity contribution in [3.05, 3.63) is 34.9 Å². The predicted octanol–water partition coefficient (Wildman–Crippen LogP) is 3.81. The molecule has 0 bridgehead atoms. The largest absolute Gasteiger partial charge is 0.460 e. The molecule has 1 rings (SSSR count). The minimum atomic E-state index is -2.16. The maximum atomic E-state index is 13.9. The number of carbonyl (C=O) groups is 3. The van der Waals surface area contributed by atoms with Gasteiger partial charge in [0.05, 0.1) is 5.56 Å². The normalized spacial score (nSPS) is 12.9. The SMILES string of the molecule is CC(C)(C)OC(=O)CCC(NC(=O)c1cc(F)c(F)c(F)c1F)C(=O)OC(C)(C)C. The first-order valence-corrected chi connectivity index (χ1v) is 9.10. The minimum Gasteiger partial charge on any atom is -0.460 e. The van der Waals surface area contributed by atoms with Crippen molar-refractivity contribution in [3.8, 4) is 0 Å². The van der Waals surface area contributed by atoms with E-state index < -0.39 is 63.9 Å². The number of nitrogens with one attached hydrogen (secondary N) is 1. The van der Waals surface area contributed by atoms with E-state index in [1.54, 1.807) is 41.5 Å². The second-order valence-corrected chi connectivity index (χ2v) is 8.53. The zero-order valence-corrected chi connectivity index (χ0v) is 17.6. The van der Waals surface area contributed by atoms with Crippen molar-refractivity contribution in [2.24, 2.45) is 0 Å². The third-order valence-corrected chi connectivity index (χ3v) is 3.40. The molecule has 1 aromatic carbocycles. The Kier molecular flexibility index (Phi) is 7.99. The van der Waals surface area contributed by atoms with Gasteiger partial charge in [-0.2, -0.15) is 0 Å². The van der Waals surface area contributed by atoms with Crippen LogP contribution < -0.4 is 5.32 Å². The summed E-state index contributed by atoms with van der Waals surface area (Å²) >= 11 is 0. The minimum absolute atomic E-state index is 0.170. The molecule has 0 saturated carbocycles. The summed E-state index contributed by atoms with van der Waals surface area (Å²) in [6, 6.07) is -1.29. The lowest BCUT2D eigenvalue weighted by atomic mass is 10.1. The molecule has 0 fully saturated rings. The van der Waals surface area contributed by atoms with E-state index in [-0.39, 0.29) is 18.9 Å². The first kappa shape index (κ1) is 25.4. The Labute approximate surface area is 171 Å². The van der Waals surface area contributed by atoms with Gasteiger partial charge in [-0.15, -0.1) is 0 Å². The van der Waals surface area contributed by atoms with Gasteiger partial charge in [0.1, 0.15) is 17.2 Å². The Bertz CT molecular complexity index is 828. The molecule has 0 aliphatic carbocycles. The number of halogens is 4. The van der Waals surface area contributed by atoms with Gasteiger partial charge in [0.2, 0.25) is 0 Å². The van der Waals surface area contributed by atoms with Crippen molar-refractivity contribution in [1.29, 1.82) is 0 Å². The van der Waals surface area contributed by atoms with Gasteiger partial charge in [-0.25, -0.2) is 22.4 Å². The monoisotopic (exact) mass is 435 g/mol. The molecule has 0 aliphatic rings. The lowest BCUT2D eigenvalue weighted by Crippen LogP contribution is -2.45. The summed E-state index contributed by atoms with van der Waals surface area (Å²) in [6.45, 7) is 9.58. The van der Waals surface area contributed by atoms with E-state index >= 15 is 0 Å². The Morgan fingerprint density at radius 1 is 0.900 bits per heavy atom. The van der Waals surface area contributed by atoms with Gasteiger partial charge in [0.25, 0.3) is 5.91 Å². The second kappa shape index (κ2) is 9.44. The van der Waals surface area contributed by atoms with Crippen molar-refractivity contribution in [2.45, 2.75) is 71.6 Å². The van der Waals surface area contributed by atoms with E-state index in [1.165, 1.54) is 0 Å². The molecule has 10 heteroatoms. The molecule has 30 heavy (non-hydrogen) atoms. The molecule has 0 heterocycles. The van der Waals surface area contributed by atoms with Crippen LogP contribution in [0, 0.1) is 23.3 Å². The number of carbonyl (C=O) groups excluding carboxylic acids is 3. The van der Waals surface area contributed by atoms with E-state index in [0.29, 0.717) is 0 Å². The number of benzene rings is 1. The fourth-order valence-electron chi connectivity index (χ4n) is 2.25. The zero-order valence-electron chi connectivity index (χ0n) is 17.6. The zero-order chi connectivity index (χ0) is 23.4. The topological polar surface area (TPSA) is 81.7 Å². The van der Waals surface area contributed by atoms with Crippen molar-refractivity contribution in [3.63, 3.8) is 0 Å². The van der Waals surface area contributed by atoms with E-state index in [1.807, 2.05) is 0 Å². The van der Waals surface area contributed by atoms with Crippen LogP contribution in [-0.2, 0) is 19.1 Å². The second-order valence-electron chi connectivity index (χ2n) is 8.53. The molecule has 0 aliphatic heterocycles. The molecule has 1 unspecified atom stereocenters. The van der Waals surface area contributed by atoms with Crippen LogP contribution in [-0.4, -0.2) is 35.1 Å². The summed E-state index contributed by atoms with van der Waals surface area (Å²) in [5, 5.41) is 2.07. The lowest BCUT2D eigenvalue weighted by molar-refractivity contribution is -0.158. The predicted molar refractivity (Wildman–Crippen MR) is 98.5 cm³/mol. The number of rotatable bonds is 6. The average molecular weight is 435 g/mol. The van der Waals surface area contributed by atoms with E-state index in [0.717, 1.165) is 0 Å². The van der Waals surface area contributed by atoms with Gasteiger partial charge in [-0.05, 0) is 54.0 Å². The fourth-order valence-corrected chi connectivity index (χ4v) is 2.25. The number of hydrogen-bond donors (Lipinski definition) is 1. The van der Waals surface area contributed by atoms with Gasteiger partial charge >= 0.3 is 11.9 Å². The molecule has 0 saturated heterocycles.